The van der Waals surface area contributed by atoms with Crippen molar-refractivity contribution < 1.29 is 9.69 Å². The Morgan fingerprint density at radius 1 is 1.08 bits per heavy atom. The van der Waals surface area contributed by atoms with E-state index >= 15 is 0 Å². The summed E-state index contributed by atoms with van der Waals surface area (Å²) in [5.74, 6) is 1.54. The van der Waals surface area contributed by atoms with E-state index in [1.54, 1.807) is 4.90 Å². The van der Waals surface area contributed by atoms with E-state index in [-0.39, 0.29) is 5.92 Å². The number of amides is 1. The molecule has 25 heavy (non-hydrogen) atoms. The standard InChI is InChI=1S/C22H30N2O/c25-22(24-15-12-19-8-4-5-9-21(19)17-24)20-10-13-23(14-11-20)16-18-6-2-1-3-7-18/h1-2,4-5,8-9,18,20H,3,6-7,10-17H2/p+1/t18-/m0/s1. The van der Waals surface area contributed by atoms with Crippen molar-refractivity contribution in [2.75, 3.05) is 26.2 Å². The molecule has 0 unspecified atom stereocenters. The van der Waals surface area contributed by atoms with Crippen LogP contribution in [-0.4, -0.2) is 37.0 Å². The second-order valence-corrected chi connectivity index (χ2v) is 8.16. The molecule has 4 rings (SSSR count). The van der Waals surface area contributed by atoms with Crippen molar-refractivity contribution in [2.24, 2.45) is 11.8 Å². The SMILES string of the molecule is O=C(C1CC[NH+](C[C@H]2CC=CCC2)CC1)N1CCc2ccccc2C1. The molecule has 134 valence electrons. The van der Waals surface area contributed by atoms with Gasteiger partial charge in [-0.2, -0.15) is 0 Å². The van der Waals surface area contributed by atoms with Crippen LogP contribution in [0.2, 0.25) is 0 Å². The summed E-state index contributed by atoms with van der Waals surface area (Å²) in [7, 11) is 0. The third-order valence-electron chi connectivity index (χ3n) is 6.44. The largest absolute Gasteiger partial charge is 0.338 e. The average molecular weight is 340 g/mol. The minimum atomic E-state index is 0.264. The van der Waals surface area contributed by atoms with Crippen molar-refractivity contribution >= 4 is 5.91 Å². The van der Waals surface area contributed by atoms with Gasteiger partial charge in [0.1, 0.15) is 0 Å². The van der Waals surface area contributed by atoms with Gasteiger partial charge in [-0.15, -0.1) is 0 Å². The van der Waals surface area contributed by atoms with Crippen LogP contribution >= 0.6 is 0 Å². The molecule has 1 N–H and O–H groups in total. The molecule has 0 aromatic heterocycles. The maximum atomic E-state index is 13.0. The first-order chi connectivity index (χ1) is 12.3. The topological polar surface area (TPSA) is 24.8 Å². The molecule has 1 amide bonds. The van der Waals surface area contributed by atoms with Gasteiger partial charge in [0.05, 0.1) is 19.6 Å². The molecular weight excluding hydrogens is 308 g/mol. The first-order valence-electron chi connectivity index (χ1n) is 10.1. The third kappa shape index (κ3) is 3.98. The van der Waals surface area contributed by atoms with E-state index in [9.17, 15) is 4.79 Å². The van der Waals surface area contributed by atoms with Crippen LogP contribution in [0.4, 0.5) is 0 Å². The van der Waals surface area contributed by atoms with Gasteiger partial charge in [0.25, 0.3) is 0 Å². The molecule has 1 fully saturated rings. The number of quaternary nitrogens is 1. The Bertz CT molecular complexity index is 631. The van der Waals surface area contributed by atoms with Gasteiger partial charge in [-0.25, -0.2) is 0 Å². The lowest BCUT2D eigenvalue weighted by atomic mass is 9.90. The molecular formula is C22H31N2O+. The van der Waals surface area contributed by atoms with E-state index in [0.717, 1.165) is 38.3 Å². The number of likely N-dealkylation sites (tertiary alicyclic amines) is 1. The van der Waals surface area contributed by atoms with Gasteiger partial charge in [-0.3, -0.25) is 4.79 Å². The number of carbonyl (C=O) groups is 1. The number of allylic oxidation sites excluding steroid dienone is 2. The first-order valence-corrected chi connectivity index (χ1v) is 10.1. The first kappa shape index (κ1) is 16.8. The molecule has 2 heterocycles. The van der Waals surface area contributed by atoms with Crippen molar-refractivity contribution in [3.05, 3.63) is 47.5 Å². The summed E-state index contributed by atoms with van der Waals surface area (Å²) in [5.41, 5.74) is 2.77. The second kappa shape index (κ2) is 7.74. The van der Waals surface area contributed by atoms with Crippen LogP contribution in [0.25, 0.3) is 0 Å². The van der Waals surface area contributed by atoms with E-state index in [2.05, 4.69) is 41.3 Å². The van der Waals surface area contributed by atoms with E-state index in [4.69, 9.17) is 0 Å². The zero-order valence-electron chi connectivity index (χ0n) is 15.3. The molecule has 3 nitrogen and oxygen atoms in total. The van der Waals surface area contributed by atoms with Gasteiger partial charge in [0, 0.05) is 37.8 Å². The number of nitrogens with zero attached hydrogens (tertiary/aromatic N) is 1. The highest BCUT2D eigenvalue weighted by atomic mass is 16.2. The van der Waals surface area contributed by atoms with Crippen LogP contribution in [0, 0.1) is 11.8 Å². The molecule has 3 aliphatic rings. The minimum absolute atomic E-state index is 0.264. The van der Waals surface area contributed by atoms with E-state index < -0.39 is 0 Å². The number of hydrogen-bond acceptors (Lipinski definition) is 1. The van der Waals surface area contributed by atoms with Gasteiger partial charge in [-0.05, 0) is 36.8 Å². The van der Waals surface area contributed by atoms with Crippen LogP contribution in [0.3, 0.4) is 0 Å². The number of rotatable bonds is 3. The van der Waals surface area contributed by atoms with Gasteiger partial charge < -0.3 is 9.80 Å². The monoisotopic (exact) mass is 339 g/mol. The van der Waals surface area contributed by atoms with Crippen molar-refractivity contribution in [1.82, 2.24) is 4.90 Å². The molecule has 0 radical (unpaired) electrons. The lowest BCUT2D eigenvalue weighted by Gasteiger charge is -2.35. The summed E-state index contributed by atoms with van der Waals surface area (Å²) in [6.07, 6.45) is 11.7. The molecule has 1 aromatic carbocycles. The van der Waals surface area contributed by atoms with Gasteiger partial charge in [0.15, 0.2) is 0 Å². The number of fused-ring (bicyclic) bond motifs is 1. The van der Waals surface area contributed by atoms with Crippen LogP contribution in [-0.2, 0) is 17.8 Å². The van der Waals surface area contributed by atoms with Crippen molar-refractivity contribution in [1.29, 1.82) is 0 Å². The molecule has 1 aromatic rings. The smallest absolute Gasteiger partial charge is 0.226 e. The second-order valence-electron chi connectivity index (χ2n) is 8.16. The molecule has 0 saturated carbocycles. The number of benzene rings is 1. The van der Waals surface area contributed by atoms with Crippen molar-refractivity contribution in [3.63, 3.8) is 0 Å². The highest BCUT2D eigenvalue weighted by Gasteiger charge is 2.32. The Balaban J connectivity index is 1.28. The Morgan fingerprint density at radius 2 is 1.88 bits per heavy atom. The highest BCUT2D eigenvalue weighted by Crippen LogP contribution is 2.23. The molecule has 3 heteroatoms. The Kier molecular flexibility index (Phi) is 5.21. The summed E-state index contributed by atoms with van der Waals surface area (Å²) in [5, 5.41) is 0. The fourth-order valence-corrected chi connectivity index (χ4v) is 4.87. The van der Waals surface area contributed by atoms with E-state index in [0.29, 0.717) is 5.91 Å². The minimum Gasteiger partial charge on any atom is -0.338 e. The predicted octanol–water partition coefficient (Wildman–Crippen LogP) is 2.22. The summed E-state index contributed by atoms with van der Waals surface area (Å²) >= 11 is 0. The molecule has 1 aliphatic carbocycles. The number of hydrogen-bond donors (Lipinski definition) is 1. The van der Waals surface area contributed by atoms with E-state index in [1.165, 1.54) is 50.0 Å². The zero-order valence-corrected chi connectivity index (χ0v) is 15.3. The maximum Gasteiger partial charge on any atom is 0.226 e. The zero-order chi connectivity index (χ0) is 17.1. The van der Waals surface area contributed by atoms with Gasteiger partial charge >= 0.3 is 0 Å². The van der Waals surface area contributed by atoms with Crippen molar-refractivity contribution in [3.8, 4) is 0 Å². The molecule has 0 bridgehead atoms. The Hall–Kier alpha value is -1.61. The van der Waals surface area contributed by atoms with Crippen LogP contribution < -0.4 is 4.90 Å². The molecule has 0 spiro atoms. The third-order valence-corrected chi connectivity index (χ3v) is 6.44. The molecule has 2 aliphatic heterocycles. The molecule has 1 saturated heterocycles. The summed E-state index contributed by atoms with van der Waals surface area (Å²) < 4.78 is 0. The van der Waals surface area contributed by atoms with Gasteiger partial charge in [0.2, 0.25) is 5.91 Å². The average Bonchev–Trinajstić information content (AvgIpc) is 2.68. The van der Waals surface area contributed by atoms with Crippen LogP contribution in [0.1, 0.15) is 43.2 Å². The Labute approximate surface area is 151 Å². The quantitative estimate of drug-likeness (QED) is 0.839. The van der Waals surface area contributed by atoms with E-state index in [1.807, 2.05) is 0 Å². The summed E-state index contributed by atoms with van der Waals surface area (Å²) in [6, 6.07) is 8.59. The highest BCUT2D eigenvalue weighted by molar-refractivity contribution is 5.79. The lowest BCUT2D eigenvalue weighted by molar-refractivity contribution is -0.909. The normalized spacial score (nSPS) is 29.3. The van der Waals surface area contributed by atoms with Crippen LogP contribution in [0.15, 0.2) is 36.4 Å². The lowest BCUT2D eigenvalue weighted by Crippen LogP contribution is -3.13. The fourth-order valence-electron chi connectivity index (χ4n) is 4.87. The number of nitrogens with one attached hydrogen (secondary N) is 1. The maximum absolute atomic E-state index is 13.0. The fraction of sp³-hybridized carbons (Fsp3) is 0.591. The van der Waals surface area contributed by atoms with Crippen molar-refractivity contribution in [2.45, 2.75) is 45.1 Å². The summed E-state index contributed by atoms with van der Waals surface area (Å²) in [4.78, 5) is 16.8. The predicted molar refractivity (Wildman–Crippen MR) is 100 cm³/mol. The van der Waals surface area contributed by atoms with Gasteiger partial charge in [-0.1, -0.05) is 36.4 Å². The summed E-state index contributed by atoms with van der Waals surface area (Å²) in [6.45, 7) is 5.39. The number of carbonyl (C=O) groups excluding carboxylic acids is 1. The molecule has 1 atom stereocenters. The Morgan fingerprint density at radius 3 is 2.64 bits per heavy atom. The number of piperidine rings is 1. The van der Waals surface area contributed by atoms with Crippen LogP contribution in [0.5, 0.6) is 0 Å².